The number of hydrogen-bond acceptors (Lipinski definition) is 4. The van der Waals surface area contributed by atoms with Crippen LogP contribution in [0.5, 0.6) is 0 Å². The number of imide groups is 2. The number of benzene rings is 4. The van der Waals surface area contributed by atoms with Gasteiger partial charge in [-0.05, 0) is 91.5 Å². The average Bonchev–Trinajstić information content (AvgIpc) is 3.75. The summed E-state index contributed by atoms with van der Waals surface area (Å²) in [6.45, 7) is 21.6. The molecule has 8 heteroatoms. The van der Waals surface area contributed by atoms with E-state index in [1.807, 2.05) is 62.3 Å². The van der Waals surface area contributed by atoms with Gasteiger partial charge in [0.25, 0.3) is 0 Å². The van der Waals surface area contributed by atoms with E-state index in [0.717, 1.165) is 24.2 Å². The number of urea groups is 2. The summed E-state index contributed by atoms with van der Waals surface area (Å²) in [6.07, 6.45) is 5.28. The fraction of sp³-hybridized carbons (Fsp3) is 0.375. The van der Waals surface area contributed by atoms with Crippen molar-refractivity contribution in [1.82, 2.24) is 20.4 Å². The largest absolute Gasteiger partial charge is 0.332 e. The maximum absolute atomic E-state index is 11.5. The molecular formula is C48H62N4O4. The molecule has 2 saturated heterocycles. The van der Waals surface area contributed by atoms with Crippen LogP contribution in [0.15, 0.2) is 110 Å². The molecule has 0 atom stereocenters. The van der Waals surface area contributed by atoms with E-state index in [9.17, 15) is 19.2 Å². The van der Waals surface area contributed by atoms with Crippen LogP contribution in [0.25, 0.3) is 22.3 Å². The monoisotopic (exact) mass is 758 g/mol. The van der Waals surface area contributed by atoms with Crippen LogP contribution in [-0.4, -0.2) is 57.8 Å². The van der Waals surface area contributed by atoms with E-state index in [4.69, 9.17) is 0 Å². The zero-order chi connectivity index (χ0) is 41.5. The van der Waals surface area contributed by atoms with Gasteiger partial charge < -0.3 is 10.6 Å². The first kappa shape index (κ1) is 44.9. The van der Waals surface area contributed by atoms with E-state index < -0.39 is 11.1 Å². The van der Waals surface area contributed by atoms with Gasteiger partial charge in [0.1, 0.15) is 0 Å². The summed E-state index contributed by atoms with van der Waals surface area (Å²) in [5.74, 6) is -0.218. The number of fused-ring (bicyclic) bond motifs is 6. The molecule has 4 aromatic rings. The van der Waals surface area contributed by atoms with Gasteiger partial charge in [-0.25, -0.2) is 9.59 Å². The Hall–Kier alpha value is -5.50. The van der Waals surface area contributed by atoms with Gasteiger partial charge in [-0.1, -0.05) is 138 Å². The molecule has 8 nitrogen and oxygen atoms in total. The summed E-state index contributed by atoms with van der Waals surface area (Å²) in [5.41, 5.74) is 10.7. The van der Waals surface area contributed by atoms with Crippen LogP contribution >= 0.6 is 0 Å². The summed E-state index contributed by atoms with van der Waals surface area (Å²) in [5, 5.41) is 5.53. The van der Waals surface area contributed by atoms with Gasteiger partial charge in [0.2, 0.25) is 11.8 Å². The minimum absolute atomic E-state index is 0.0735. The summed E-state index contributed by atoms with van der Waals surface area (Å²) in [6, 6.07) is 34.0. The molecule has 0 radical (unpaired) electrons. The van der Waals surface area contributed by atoms with Crippen molar-refractivity contribution < 1.29 is 19.2 Å². The second kappa shape index (κ2) is 21.0. The molecule has 56 heavy (non-hydrogen) atoms. The normalized spacial score (nSPS) is 15.9. The second-order valence-electron chi connectivity index (χ2n) is 14.8. The van der Waals surface area contributed by atoms with Crippen molar-refractivity contribution in [3.8, 4) is 22.3 Å². The Morgan fingerprint density at radius 2 is 0.857 bits per heavy atom. The molecule has 8 rings (SSSR count). The number of amides is 6. The summed E-state index contributed by atoms with van der Waals surface area (Å²) >= 11 is 0. The van der Waals surface area contributed by atoms with Crippen LogP contribution in [0.1, 0.15) is 104 Å². The molecule has 298 valence electrons. The fourth-order valence-corrected chi connectivity index (χ4v) is 6.90. The highest BCUT2D eigenvalue weighted by Gasteiger charge is 2.36. The van der Waals surface area contributed by atoms with Gasteiger partial charge in [0.15, 0.2) is 0 Å². The summed E-state index contributed by atoms with van der Waals surface area (Å²) < 4.78 is 0. The van der Waals surface area contributed by atoms with Crippen molar-refractivity contribution in [1.29, 1.82) is 0 Å². The highest BCUT2D eigenvalue weighted by molar-refractivity contribution is 5.98. The van der Waals surface area contributed by atoms with Gasteiger partial charge in [0.05, 0.1) is 0 Å². The van der Waals surface area contributed by atoms with Gasteiger partial charge in [-0.3, -0.25) is 19.4 Å². The number of hydrogen-bond donors (Lipinski definition) is 2. The van der Waals surface area contributed by atoms with Crippen molar-refractivity contribution in [3.63, 3.8) is 0 Å². The van der Waals surface area contributed by atoms with Crippen LogP contribution in [0.3, 0.4) is 0 Å². The van der Waals surface area contributed by atoms with Crippen LogP contribution in [0, 0.1) is 0 Å². The van der Waals surface area contributed by atoms with Crippen LogP contribution in [0.4, 0.5) is 9.59 Å². The highest BCUT2D eigenvalue weighted by atomic mass is 16.2. The number of carbonyl (C=O) groups is 4. The van der Waals surface area contributed by atoms with Crippen molar-refractivity contribution >= 4 is 23.9 Å². The SMILES string of the molecule is C=CCN1C(=O)CC(C)(C)NC1=O.CC.CC.CCCN1C(=O)CC(C)(C)NC1=O.c1ccc2c(c1)Cc1ccccc1-2.c1ccc2c(c1)Cc1ccccc1-2. The number of nitrogens with zero attached hydrogens (tertiary/aromatic N) is 2. The van der Waals surface area contributed by atoms with Gasteiger partial charge in [0, 0.05) is 37.0 Å². The Kier molecular flexibility index (Phi) is 16.8. The zero-order valence-electron chi connectivity index (χ0n) is 35.0. The fourth-order valence-electron chi connectivity index (χ4n) is 6.90. The van der Waals surface area contributed by atoms with Crippen LogP contribution in [0.2, 0.25) is 0 Å². The zero-order valence-corrected chi connectivity index (χ0v) is 35.0. The van der Waals surface area contributed by atoms with E-state index in [0.29, 0.717) is 19.4 Å². The van der Waals surface area contributed by atoms with Crippen LogP contribution in [-0.2, 0) is 22.4 Å². The van der Waals surface area contributed by atoms with E-state index in [2.05, 4.69) is 114 Å². The third-order valence-corrected chi connectivity index (χ3v) is 9.34. The molecule has 4 aromatic carbocycles. The first-order valence-electron chi connectivity index (χ1n) is 20.0. The number of nitrogens with one attached hydrogen (secondary N) is 2. The van der Waals surface area contributed by atoms with Crippen molar-refractivity contribution in [2.24, 2.45) is 0 Å². The molecule has 2 aliphatic carbocycles. The van der Waals surface area contributed by atoms with Crippen molar-refractivity contribution in [3.05, 3.63) is 132 Å². The quantitative estimate of drug-likeness (QED) is 0.175. The predicted octanol–water partition coefficient (Wildman–Crippen LogP) is 10.6. The van der Waals surface area contributed by atoms with Crippen molar-refractivity contribution in [2.45, 2.75) is 105 Å². The molecule has 0 bridgehead atoms. The third kappa shape index (κ3) is 11.8. The first-order chi connectivity index (χ1) is 26.8. The lowest BCUT2D eigenvalue weighted by atomic mass is 9.98. The number of rotatable bonds is 4. The lowest BCUT2D eigenvalue weighted by molar-refractivity contribution is -0.132. The van der Waals surface area contributed by atoms with Gasteiger partial charge in [-0.2, -0.15) is 0 Å². The molecule has 2 fully saturated rings. The Bertz CT molecular complexity index is 1750. The minimum atomic E-state index is -0.425. The minimum Gasteiger partial charge on any atom is -0.332 e. The molecular weight excluding hydrogens is 697 g/mol. The Labute approximate surface area is 335 Å². The molecule has 2 N–H and O–H groups in total. The van der Waals surface area contributed by atoms with Gasteiger partial charge >= 0.3 is 12.1 Å². The molecule has 2 heterocycles. The lowest BCUT2D eigenvalue weighted by Crippen LogP contribution is -2.59. The van der Waals surface area contributed by atoms with E-state index >= 15 is 0 Å². The standard InChI is InChI=1S/2C13H10.C9H16N2O2.C9H14N2O2.2C2H6/c2*1-3-7-12-10(5-1)9-11-6-2-4-8-13(11)12;2*1-4-5-11-7(12)6-9(2,3)10-8(11)13;2*1-2/h2*1-8H,9H2;4-6H2,1-3H3,(H,10,13);4H,1,5-6H2,2-3H3,(H,10,13);2*1-2H3. The molecule has 0 aromatic heterocycles. The van der Waals surface area contributed by atoms with Crippen molar-refractivity contribution in [2.75, 3.05) is 13.1 Å². The molecule has 6 amide bonds. The summed E-state index contributed by atoms with van der Waals surface area (Å²) in [4.78, 5) is 48.1. The topological polar surface area (TPSA) is 98.8 Å². The molecule has 0 unspecified atom stereocenters. The van der Waals surface area contributed by atoms with Crippen LogP contribution < -0.4 is 10.6 Å². The molecule has 0 saturated carbocycles. The van der Waals surface area contributed by atoms with E-state index in [-0.39, 0.29) is 30.4 Å². The molecule has 4 aliphatic rings. The first-order valence-corrected chi connectivity index (χ1v) is 20.0. The molecule has 0 spiro atoms. The Morgan fingerprint density at radius 1 is 0.554 bits per heavy atom. The lowest BCUT2D eigenvalue weighted by Gasteiger charge is -2.36. The smallest absolute Gasteiger partial charge is 0.324 e. The number of carbonyl (C=O) groups excluding carboxylic acids is 4. The maximum atomic E-state index is 11.5. The predicted molar refractivity (Wildman–Crippen MR) is 230 cm³/mol. The highest BCUT2D eigenvalue weighted by Crippen LogP contribution is 2.36. The third-order valence-electron chi connectivity index (χ3n) is 9.34. The Balaban J connectivity index is 0.000000194. The molecule has 2 aliphatic heterocycles. The maximum Gasteiger partial charge on any atom is 0.324 e. The Morgan fingerprint density at radius 3 is 1.14 bits per heavy atom. The van der Waals surface area contributed by atoms with E-state index in [1.165, 1.54) is 55.5 Å². The second-order valence-corrected chi connectivity index (χ2v) is 14.8. The van der Waals surface area contributed by atoms with Gasteiger partial charge in [-0.15, -0.1) is 6.58 Å². The van der Waals surface area contributed by atoms with E-state index in [1.54, 1.807) is 0 Å². The average molecular weight is 759 g/mol. The summed E-state index contributed by atoms with van der Waals surface area (Å²) in [7, 11) is 0.